The van der Waals surface area contributed by atoms with Crippen LogP contribution in [0.2, 0.25) is 8.67 Å². The van der Waals surface area contributed by atoms with Crippen molar-refractivity contribution in [3.63, 3.8) is 0 Å². The van der Waals surface area contributed by atoms with Crippen molar-refractivity contribution in [2.24, 2.45) is 0 Å². The molecule has 1 aromatic carbocycles. The monoisotopic (exact) mass is 564 g/mol. The molecule has 0 unspecified atom stereocenters. The van der Waals surface area contributed by atoms with E-state index in [1.165, 1.54) is 25.3 Å². The summed E-state index contributed by atoms with van der Waals surface area (Å²) in [5.41, 5.74) is 2.83. The van der Waals surface area contributed by atoms with Gasteiger partial charge >= 0.3 is 5.97 Å². The number of oxazole rings is 1. The molecule has 198 valence electrons. The number of thiophene rings is 1. The predicted octanol–water partition coefficient (Wildman–Crippen LogP) is 6.97. The van der Waals surface area contributed by atoms with E-state index >= 15 is 0 Å². The lowest BCUT2D eigenvalue weighted by Crippen LogP contribution is -2.23. The van der Waals surface area contributed by atoms with Crippen molar-refractivity contribution in [1.29, 1.82) is 0 Å². The predicted molar refractivity (Wildman–Crippen MR) is 144 cm³/mol. The molecule has 1 aliphatic rings. The minimum Gasteiger partial charge on any atom is -0.493 e. The van der Waals surface area contributed by atoms with Crippen molar-refractivity contribution in [2.45, 2.75) is 70.8 Å². The van der Waals surface area contributed by atoms with E-state index in [1.54, 1.807) is 0 Å². The maximum absolute atomic E-state index is 12.6. The summed E-state index contributed by atoms with van der Waals surface area (Å²) in [5, 5.41) is 12.0. The van der Waals surface area contributed by atoms with E-state index in [2.05, 4.69) is 5.32 Å². The van der Waals surface area contributed by atoms with Crippen molar-refractivity contribution < 1.29 is 23.8 Å². The lowest BCUT2D eigenvalue weighted by molar-refractivity contribution is -0.136. The molecular weight excluding hydrogens is 535 g/mol. The van der Waals surface area contributed by atoms with E-state index in [1.807, 2.05) is 25.1 Å². The topological polar surface area (TPSA) is 102 Å². The standard InChI is InChI=1S/C27H30Cl2N2O5S/c1-16-22(31-27(36-16)18-5-3-2-4-6-18)11-12-35-20-9-7-17(8-10-24(32)33)19(13-20)15-30-26(34)21-14-23(28)37-25(21)29/h7,9,13-14,18H,2-6,8,10-12,15H2,1H3,(H,30,34)(H,32,33). The van der Waals surface area contributed by atoms with Gasteiger partial charge in [0.05, 0.1) is 22.2 Å². The van der Waals surface area contributed by atoms with Gasteiger partial charge in [-0.1, -0.05) is 48.5 Å². The van der Waals surface area contributed by atoms with E-state index < -0.39 is 5.97 Å². The second kappa shape index (κ2) is 12.8. The number of aryl methyl sites for hydroxylation is 2. The van der Waals surface area contributed by atoms with Crippen LogP contribution in [0.25, 0.3) is 0 Å². The highest BCUT2D eigenvalue weighted by Crippen LogP contribution is 2.33. The molecule has 2 N–H and O–H groups in total. The second-order valence-electron chi connectivity index (χ2n) is 9.23. The Balaban J connectivity index is 1.39. The minimum atomic E-state index is -0.884. The lowest BCUT2D eigenvalue weighted by atomic mass is 9.89. The first-order valence-corrected chi connectivity index (χ1v) is 14.0. The highest BCUT2D eigenvalue weighted by molar-refractivity contribution is 7.20. The highest BCUT2D eigenvalue weighted by atomic mass is 35.5. The van der Waals surface area contributed by atoms with E-state index in [9.17, 15) is 9.59 Å². The molecule has 2 heterocycles. The van der Waals surface area contributed by atoms with Crippen molar-refractivity contribution in [3.8, 4) is 5.75 Å². The van der Waals surface area contributed by atoms with Crippen LogP contribution in [0.4, 0.5) is 0 Å². The van der Waals surface area contributed by atoms with Gasteiger partial charge in [-0.2, -0.15) is 0 Å². The van der Waals surface area contributed by atoms with Crippen molar-refractivity contribution >= 4 is 46.4 Å². The fourth-order valence-electron chi connectivity index (χ4n) is 4.58. The Morgan fingerprint density at radius 2 is 1.95 bits per heavy atom. The van der Waals surface area contributed by atoms with Crippen LogP contribution < -0.4 is 10.1 Å². The number of rotatable bonds is 11. The summed E-state index contributed by atoms with van der Waals surface area (Å²) in [6.45, 7) is 2.56. The first-order chi connectivity index (χ1) is 17.8. The van der Waals surface area contributed by atoms with Gasteiger partial charge in [-0.15, -0.1) is 11.3 Å². The van der Waals surface area contributed by atoms with Gasteiger partial charge in [-0.3, -0.25) is 9.59 Å². The molecule has 2 aromatic heterocycles. The third-order valence-electron chi connectivity index (χ3n) is 6.60. The fourth-order valence-corrected chi connectivity index (χ4v) is 6.04. The van der Waals surface area contributed by atoms with Gasteiger partial charge in [0.1, 0.15) is 15.8 Å². The van der Waals surface area contributed by atoms with Crippen molar-refractivity contribution in [2.75, 3.05) is 6.61 Å². The van der Waals surface area contributed by atoms with Crippen LogP contribution in [-0.2, 0) is 24.2 Å². The number of aliphatic carboxylic acids is 1. The number of carboxylic acid groups (broad SMARTS) is 1. The van der Waals surface area contributed by atoms with Gasteiger partial charge < -0.3 is 19.6 Å². The molecule has 7 nitrogen and oxygen atoms in total. The molecule has 1 aliphatic carbocycles. The molecule has 0 bridgehead atoms. The van der Waals surface area contributed by atoms with E-state index in [-0.39, 0.29) is 18.9 Å². The number of hydrogen-bond donors (Lipinski definition) is 2. The third-order valence-corrected chi connectivity index (χ3v) is 8.09. The number of carbonyl (C=O) groups is 2. The first-order valence-electron chi connectivity index (χ1n) is 12.5. The number of hydrogen-bond acceptors (Lipinski definition) is 6. The molecule has 0 atom stereocenters. The van der Waals surface area contributed by atoms with Crippen LogP contribution in [0.1, 0.15) is 83.3 Å². The van der Waals surface area contributed by atoms with Crippen molar-refractivity contribution in [3.05, 3.63) is 67.0 Å². The zero-order valence-electron chi connectivity index (χ0n) is 20.6. The number of carboxylic acids is 1. The lowest BCUT2D eigenvalue weighted by Gasteiger charge is -2.17. The summed E-state index contributed by atoms with van der Waals surface area (Å²) in [6.07, 6.45) is 6.95. The number of nitrogens with one attached hydrogen (secondary N) is 1. The fraction of sp³-hybridized carbons (Fsp3) is 0.444. The summed E-state index contributed by atoms with van der Waals surface area (Å²) < 4.78 is 12.7. The van der Waals surface area contributed by atoms with Gasteiger partial charge in [0, 0.05) is 25.3 Å². The summed E-state index contributed by atoms with van der Waals surface area (Å²) in [4.78, 5) is 28.5. The molecule has 0 radical (unpaired) electrons. The van der Waals surface area contributed by atoms with E-state index in [4.69, 9.17) is 42.4 Å². The largest absolute Gasteiger partial charge is 0.493 e. The molecule has 1 amide bonds. The first kappa shape index (κ1) is 27.5. The van der Waals surface area contributed by atoms with Crippen LogP contribution in [0.3, 0.4) is 0 Å². The Morgan fingerprint density at radius 1 is 1.16 bits per heavy atom. The van der Waals surface area contributed by atoms with Crippen LogP contribution in [0.15, 0.2) is 28.7 Å². The van der Waals surface area contributed by atoms with Crippen molar-refractivity contribution in [1.82, 2.24) is 10.3 Å². The number of aromatic nitrogens is 1. The Kier molecular flexibility index (Phi) is 9.51. The molecule has 0 spiro atoms. The van der Waals surface area contributed by atoms with Gasteiger partial charge in [0.2, 0.25) is 0 Å². The molecule has 1 saturated carbocycles. The number of nitrogens with zero attached hydrogens (tertiary/aromatic N) is 1. The normalized spacial score (nSPS) is 14.0. The van der Waals surface area contributed by atoms with Crippen LogP contribution in [-0.4, -0.2) is 28.6 Å². The Labute approximate surface area is 230 Å². The zero-order chi connectivity index (χ0) is 26.4. The summed E-state index contributed by atoms with van der Waals surface area (Å²) in [5.74, 6) is 1.50. The minimum absolute atomic E-state index is 0.0120. The number of amides is 1. The van der Waals surface area contributed by atoms with Crippen LogP contribution >= 0.6 is 34.5 Å². The number of benzene rings is 1. The molecule has 3 aromatic rings. The number of halogens is 2. The maximum Gasteiger partial charge on any atom is 0.303 e. The highest BCUT2D eigenvalue weighted by Gasteiger charge is 2.22. The quantitative estimate of drug-likeness (QED) is 0.261. The molecule has 37 heavy (non-hydrogen) atoms. The van der Waals surface area contributed by atoms with Crippen LogP contribution in [0, 0.1) is 6.92 Å². The molecule has 0 aliphatic heterocycles. The van der Waals surface area contributed by atoms with Gasteiger partial charge in [-0.25, -0.2) is 4.98 Å². The molecule has 1 fully saturated rings. The summed E-state index contributed by atoms with van der Waals surface area (Å²) >= 11 is 13.2. The van der Waals surface area contributed by atoms with E-state index in [0.29, 0.717) is 45.4 Å². The summed E-state index contributed by atoms with van der Waals surface area (Å²) in [7, 11) is 0. The molecular formula is C27H30Cl2N2O5S. The molecule has 4 rings (SSSR count). The Hall–Kier alpha value is -2.55. The average molecular weight is 566 g/mol. The zero-order valence-corrected chi connectivity index (χ0v) is 23.0. The maximum atomic E-state index is 12.6. The van der Waals surface area contributed by atoms with E-state index in [0.717, 1.165) is 52.7 Å². The van der Waals surface area contributed by atoms with Gasteiger partial charge in [-0.05, 0) is 55.5 Å². The molecule has 10 heteroatoms. The smallest absolute Gasteiger partial charge is 0.303 e. The Morgan fingerprint density at radius 3 is 2.65 bits per heavy atom. The molecule has 0 saturated heterocycles. The Bertz CT molecular complexity index is 1250. The van der Waals surface area contributed by atoms with Crippen LogP contribution in [0.5, 0.6) is 5.75 Å². The third kappa shape index (κ3) is 7.49. The number of carbonyl (C=O) groups excluding carboxylic acids is 1. The summed E-state index contributed by atoms with van der Waals surface area (Å²) in [6, 6.07) is 7.03. The SMILES string of the molecule is Cc1oc(C2CCCCC2)nc1CCOc1ccc(CCC(=O)O)c(CNC(=O)c2cc(Cl)sc2Cl)c1. The number of ether oxygens (including phenoxy) is 1. The average Bonchev–Trinajstić information content (AvgIpc) is 3.42. The second-order valence-corrected chi connectivity index (χ2v) is 11.5. The van der Waals surface area contributed by atoms with Gasteiger partial charge in [0.25, 0.3) is 5.91 Å². The van der Waals surface area contributed by atoms with Gasteiger partial charge in [0.15, 0.2) is 5.89 Å².